The summed E-state index contributed by atoms with van der Waals surface area (Å²) in [5.74, 6) is 0.945. The van der Waals surface area contributed by atoms with Crippen molar-refractivity contribution in [1.29, 1.82) is 0 Å². The van der Waals surface area contributed by atoms with Gasteiger partial charge in [-0.2, -0.15) is 0 Å². The fraction of sp³-hybridized carbons (Fsp3) is 0.667. The fourth-order valence-corrected chi connectivity index (χ4v) is 7.01. The molecule has 1 saturated heterocycles. The molecule has 6 rings (SSSR count). The molecule has 1 aromatic rings. The van der Waals surface area contributed by atoms with Crippen LogP contribution in [0.3, 0.4) is 0 Å². The number of likely N-dealkylation sites (tertiary alicyclic amines) is 1. The number of aromatic hydroxyl groups is 2. The Hall–Kier alpha value is -1.79. The number of benzene rings is 1. The van der Waals surface area contributed by atoms with E-state index in [0.29, 0.717) is 37.0 Å². The lowest BCUT2D eigenvalue weighted by Crippen LogP contribution is -2.80. The molecule has 5 aliphatic rings. The molecule has 2 saturated carbocycles. The highest BCUT2D eigenvalue weighted by Crippen LogP contribution is 2.67. The zero-order chi connectivity index (χ0) is 18.8. The van der Waals surface area contributed by atoms with Crippen LogP contribution in [0.2, 0.25) is 0 Å². The largest absolute Gasteiger partial charge is 0.508 e. The molecule has 1 aromatic carbocycles. The van der Waals surface area contributed by atoms with E-state index in [0.717, 1.165) is 29.1 Å². The van der Waals surface area contributed by atoms with Gasteiger partial charge >= 0.3 is 0 Å². The summed E-state index contributed by atoms with van der Waals surface area (Å²) < 4.78 is 6.82. The zero-order valence-electron chi connectivity index (χ0n) is 15.6. The molecular formula is C21H26NO5+. The van der Waals surface area contributed by atoms with Gasteiger partial charge in [0.05, 0.1) is 25.6 Å². The Morgan fingerprint density at radius 3 is 2.78 bits per heavy atom. The van der Waals surface area contributed by atoms with Crippen molar-refractivity contribution in [3.8, 4) is 17.2 Å². The predicted molar refractivity (Wildman–Crippen MR) is 95.8 cm³/mol. The van der Waals surface area contributed by atoms with Gasteiger partial charge in [-0.05, 0) is 19.3 Å². The van der Waals surface area contributed by atoms with E-state index in [2.05, 4.69) is 7.05 Å². The molecule has 3 N–H and O–H groups in total. The molecule has 0 radical (unpaired) electrons. The highest BCUT2D eigenvalue weighted by Gasteiger charge is 2.76. The number of carbonyl (C=O) groups excluding carboxylic acids is 1. The summed E-state index contributed by atoms with van der Waals surface area (Å²) in [6, 6.07) is 1.26. The first kappa shape index (κ1) is 16.2. The maximum atomic E-state index is 12.8. The van der Waals surface area contributed by atoms with Crippen molar-refractivity contribution in [2.75, 3.05) is 20.1 Å². The highest BCUT2D eigenvalue weighted by molar-refractivity contribution is 5.90. The van der Waals surface area contributed by atoms with Crippen molar-refractivity contribution in [2.45, 2.75) is 61.7 Å². The fourth-order valence-electron chi connectivity index (χ4n) is 7.01. The molecule has 2 bridgehead atoms. The summed E-state index contributed by atoms with van der Waals surface area (Å²) in [7, 11) is 2.23. The first-order valence-corrected chi connectivity index (χ1v) is 10.1. The molecule has 0 aromatic heterocycles. The van der Waals surface area contributed by atoms with Crippen LogP contribution in [0.15, 0.2) is 6.07 Å². The second-order valence-electron chi connectivity index (χ2n) is 9.76. The van der Waals surface area contributed by atoms with Gasteiger partial charge < -0.3 is 24.5 Å². The molecule has 3 aliphatic carbocycles. The number of hydrogen-bond donors (Lipinski definition) is 3. The molecule has 5 atom stereocenters. The minimum absolute atomic E-state index is 0.000314. The number of hydrogen-bond acceptors (Lipinski definition) is 5. The van der Waals surface area contributed by atoms with E-state index in [-0.39, 0.29) is 23.3 Å². The number of nitrogens with zero attached hydrogens (tertiary/aromatic N) is 1. The van der Waals surface area contributed by atoms with Crippen LogP contribution < -0.4 is 4.74 Å². The molecule has 6 heteroatoms. The number of aliphatic hydroxyl groups is 1. The van der Waals surface area contributed by atoms with Crippen LogP contribution in [0.5, 0.6) is 17.2 Å². The van der Waals surface area contributed by atoms with E-state index in [1.54, 1.807) is 0 Å². The minimum Gasteiger partial charge on any atom is -0.508 e. The summed E-state index contributed by atoms with van der Waals surface area (Å²) in [5.41, 5.74) is -0.427. The Labute approximate surface area is 158 Å². The molecular weight excluding hydrogens is 346 g/mol. The number of Topliss-reactive ketones (excluding diaryl/α,β-unsaturated/α-hetero) is 1. The Bertz CT molecular complexity index is 895. The number of piperidine rings is 1. The second kappa shape index (κ2) is 4.61. The Kier molecular flexibility index (Phi) is 2.76. The van der Waals surface area contributed by atoms with Crippen molar-refractivity contribution in [2.24, 2.45) is 5.92 Å². The lowest BCUT2D eigenvalue weighted by Gasteiger charge is -2.64. The number of phenols is 2. The van der Waals surface area contributed by atoms with E-state index >= 15 is 0 Å². The minimum atomic E-state index is -1.05. The van der Waals surface area contributed by atoms with Crippen LogP contribution in [0, 0.1) is 5.92 Å². The Morgan fingerprint density at radius 1 is 1.26 bits per heavy atom. The van der Waals surface area contributed by atoms with Gasteiger partial charge in [0.15, 0.2) is 23.4 Å². The van der Waals surface area contributed by atoms with Crippen molar-refractivity contribution < 1.29 is 29.3 Å². The smallest absolute Gasteiger partial charge is 0.174 e. The third kappa shape index (κ3) is 1.68. The van der Waals surface area contributed by atoms with E-state index in [9.17, 15) is 20.1 Å². The third-order valence-electron chi connectivity index (χ3n) is 8.38. The van der Waals surface area contributed by atoms with Gasteiger partial charge in [0.2, 0.25) is 0 Å². The third-order valence-corrected chi connectivity index (χ3v) is 8.38. The highest BCUT2D eigenvalue weighted by atomic mass is 16.5. The van der Waals surface area contributed by atoms with Gasteiger partial charge in [-0.1, -0.05) is 0 Å². The van der Waals surface area contributed by atoms with Crippen molar-refractivity contribution in [3.63, 3.8) is 0 Å². The van der Waals surface area contributed by atoms with Crippen LogP contribution in [0.1, 0.15) is 43.2 Å². The molecule has 0 amide bonds. The number of quaternary nitrogens is 1. The van der Waals surface area contributed by atoms with Crippen LogP contribution >= 0.6 is 0 Å². The average molecular weight is 372 g/mol. The molecule has 3 fully saturated rings. The van der Waals surface area contributed by atoms with Gasteiger partial charge in [0.25, 0.3) is 0 Å². The number of phenolic OH excluding ortho intramolecular Hbond substituents is 2. The predicted octanol–water partition coefficient (Wildman–Crippen LogP) is 1.38. The molecule has 27 heavy (non-hydrogen) atoms. The number of likely N-dealkylation sites (N-methyl/N-ethyl adjacent to an activating group) is 1. The van der Waals surface area contributed by atoms with Crippen LogP contribution in [0.4, 0.5) is 0 Å². The summed E-state index contributed by atoms with van der Waals surface area (Å²) in [6.45, 7) is 1.93. The lowest BCUT2D eigenvalue weighted by molar-refractivity contribution is -0.950. The van der Waals surface area contributed by atoms with Crippen molar-refractivity contribution >= 4 is 5.78 Å². The van der Waals surface area contributed by atoms with Crippen LogP contribution in [0.25, 0.3) is 0 Å². The number of carbonyl (C=O) groups is 1. The lowest BCUT2D eigenvalue weighted by atomic mass is 9.48. The molecule has 2 heterocycles. The number of rotatable bonds is 2. The number of ether oxygens (including phenoxy) is 1. The number of ketones is 1. The first-order chi connectivity index (χ1) is 12.8. The Morgan fingerprint density at radius 2 is 2.04 bits per heavy atom. The standard InChI is InChI=1S/C21H25NO5/c1-22(10-11-2-3-11)7-6-20-17-12-8-16(22)21(20,26)5-4-13(23)19(20)27-18(17)15(25)9-14(12)24/h9,11,16,19,26H,2-8,10H2,1H3,(H-,24,25)/p+1/t16-,19-,20-,21+,22+/m0/s1. The van der Waals surface area contributed by atoms with Crippen molar-refractivity contribution in [3.05, 3.63) is 17.2 Å². The molecule has 6 nitrogen and oxygen atoms in total. The maximum Gasteiger partial charge on any atom is 0.174 e. The average Bonchev–Trinajstić information content (AvgIpc) is 3.33. The molecule has 2 aliphatic heterocycles. The molecule has 144 valence electrons. The Balaban J connectivity index is 1.63. The van der Waals surface area contributed by atoms with E-state index in [4.69, 9.17) is 4.74 Å². The molecule has 1 spiro atoms. The van der Waals surface area contributed by atoms with Gasteiger partial charge in [0, 0.05) is 42.4 Å². The van der Waals surface area contributed by atoms with E-state index in [1.807, 2.05) is 0 Å². The van der Waals surface area contributed by atoms with Crippen LogP contribution in [-0.2, 0) is 16.6 Å². The quantitative estimate of drug-likeness (QED) is 0.683. The topological polar surface area (TPSA) is 87.0 Å². The summed E-state index contributed by atoms with van der Waals surface area (Å²) in [4.78, 5) is 12.8. The summed E-state index contributed by atoms with van der Waals surface area (Å²) in [6.07, 6.45) is 3.70. The van der Waals surface area contributed by atoms with E-state index in [1.165, 1.54) is 18.9 Å². The summed E-state index contributed by atoms with van der Waals surface area (Å²) >= 11 is 0. The van der Waals surface area contributed by atoms with Gasteiger partial charge in [-0.3, -0.25) is 4.79 Å². The first-order valence-electron chi connectivity index (χ1n) is 10.1. The van der Waals surface area contributed by atoms with Crippen molar-refractivity contribution in [1.82, 2.24) is 0 Å². The van der Waals surface area contributed by atoms with Gasteiger partial charge in [-0.15, -0.1) is 0 Å². The normalized spacial score (nSPS) is 44.0. The SMILES string of the molecule is C[N@+]1(CC2CC2)CC[C@]23c4c5c(O)cc(O)c4O[C@H]2C(=O)CC[C@@]3(O)[C@@H]1C5. The van der Waals surface area contributed by atoms with Crippen LogP contribution in [-0.4, -0.2) is 63.5 Å². The summed E-state index contributed by atoms with van der Waals surface area (Å²) in [5, 5.41) is 33.2. The molecule has 0 unspecified atom stereocenters. The maximum absolute atomic E-state index is 12.8. The van der Waals surface area contributed by atoms with E-state index < -0.39 is 17.1 Å². The monoisotopic (exact) mass is 372 g/mol. The van der Waals surface area contributed by atoms with Gasteiger partial charge in [0.1, 0.15) is 17.4 Å². The zero-order valence-corrected chi connectivity index (χ0v) is 15.6. The second-order valence-corrected chi connectivity index (χ2v) is 9.76. The van der Waals surface area contributed by atoms with Gasteiger partial charge in [-0.25, -0.2) is 0 Å².